The van der Waals surface area contributed by atoms with Crippen LogP contribution >= 0.6 is 0 Å². The van der Waals surface area contributed by atoms with E-state index in [2.05, 4.69) is 15.3 Å². The van der Waals surface area contributed by atoms with Crippen LogP contribution < -0.4 is 10.1 Å². The van der Waals surface area contributed by atoms with Gasteiger partial charge in [-0.1, -0.05) is 18.2 Å². The Morgan fingerprint density at radius 1 is 1.21 bits per heavy atom. The van der Waals surface area contributed by atoms with Crippen molar-refractivity contribution in [3.8, 4) is 17.0 Å². The standard InChI is InChI=1S/C21H17FN4O2/c1-13-4-3-9-26-12-18(25-20(13)26)14-5-7-15(8-6-14)24-21(27)19-17(22)10-16(28-2)11-23-19/h3-12H,1-2H3,(H,24,27). The summed E-state index contributed by atoms with van der Waals surface area (Å²) in [5, 5.41) is 2.64. The SMILES string of the molecule is COc1cnc(C(=O)Nc2ccc(-c3cn4cccc(C)c4n3)cc2)c(F)c1. The van der Waals surface area contributed by atoms with E-state index in [1.54, 1.807) is 12.1 Å². The Hall–Kier alpha value is -3.74. The Morgan fingerprint density at radius 3 is 2.68 bits per heavy atom. The van der Waals surface area contributed by atoms with Crippen LogP contribution in [0.5, 0.6) is 5.75 Å². The van der Waals surface area contributed by atoms with Crippen LogP contribution in [-0.2, 0) is 0 Å². The first-order valence-electron chi connectivity index (χ1n) is 8.61. The van der Waals surface area contributed by atoms with Crippen molar-refractivity contribution in [2.45, 2.75) is 6.92 Å². The van der Waals surface area contributed by atoms with Crippen LogP contribution in [-0.4, -0.2) is 27.4 Å². The van der Waals surface area contributed by atoms with Gasteiger partial charge in [0.15, 0.2) is 11.5 Å². The average molecular weight is 376 g/mol. The number of amides is 1. The molecule has 0 aliphatic carbocycles. The van der Waals surface area contributed by atoms with Crippen molar-refractivity contribution in [1.82, 2.24) is 14.4 Å². The van der Waals surface area contributed by atoms with Gasteiger partial charge < -0.3 is 14.5 Å². The number of nitrogens with one attached hydrogen (secondary N) is 1. The van der Waals surface area contributed by atoms with E-state index in [-0.39, 0.29) is 11.4 Å². The number of halogens is 1. The second-order valence-corrected chi connectivity index (χ2v) is 6.29. The maximum atomic E-state index is 14.0. The lowest BCUT2D eigenvalue weighted by Crippen LogP contribution is -2.15. The second-order valence-electron chi connectivity index (χ2n) is 6.29. The van der Waals surface area contributed by atoms with Crippen molar-refractivity contribution >= 4 is 17.2 Å². The average Bonchev–Trinajstić information content (AvgIpc) is 3.14. The fourth-order valence-electron chi connectivity index (χ4n) is 2.91. The molecule has 0 aliphatic heterocycles. The van der Waals surface area contributed by atoms with Crippen LogP contribution in [0, 0.1) is 12.7 Å². The summed E-state index contributed by atoms with van der Waals surface area (Å²) in [6.45, 7) is 2.01. The topological polar surface area (TPSA) is 68.5 Å². The van der Waals surface area contributed by atoms with Gasteiger partial charge in [-0.3, -0.25) is 4.79 Å². The van der Waals surface area contributed by atoms with Gasteiger partial charge in [0.05, 0.1) is 19.0 Å². The van der Waals surface area contributed by atoms with Crippen molar-refractivity contribution < 1.29 is 13.9 Å². The van der Waals surface area contributed by atoms with Crippen molar-refractivity contribution in [2.75, 3.05) is 12.4 Å². The van der Waals surface area contributed by atoms with E-state index in [1.165, 1.54) is 13.3 Å². The van der Waals surface area contributed by atoms with Crippen LogP contribution in [0.4, 0.5) is 10.1 Å². The highest BCUT2D eigenvalue weighted by atomic mass is 19.1. The molecule has 0 aliphatic rings. The van der Waals surface area contributed by atoms with Gasteiger partial charge in [-0.15, -0.1) is 0 Å². The first kappa shape index (κ1) is 17.7. The predicted octanol–water partition coefficient (Wildman–Crippen LogP) is 4.10. The highest BCUT2D eigenvalue weighted by molar-refractivity contribution is 6.03. The number of carbonyl (C=O) groups is 1. The van der Waals surface area contributed by atoms with Gasteiger partial charge in [-0.2, -0.15) is 0 Å². The Balaban J connectivity index is 1.54. The molecule has 1 N–H and O–H groups in total. The van der Waals surface area contributed by atoms with Crippen molar-refractivity contribution in [1.29, 1.82) is 0 Å². The molecule has 0 fully saturated rings. The van der Waals surface area contributed by atoms with Crippen LogP contribution in [0.3, 0.4) is 0 Å². The summed E-state index contributed by atoms with van der Waals surface area (Å²) in [6.07, 6.45) is 5.20. The molecule has 0 saturated carbocycles. The Morgan fingerprint density at radius 2 is 2.00 bits per heavy atom. The van der Waals surface area contributed by atoms with E-state index in [1.807, 2.05) is 48.0 Å². The van der Waals surface area contributed by atoms with Gasteiger partial charge in [0.25, 0.3) is 5.91 Å². The number of carbonyl (C=O) groups excluding carboxylic acids is 1. The zero-order chi connectivity index (χ0) is 19.7. The minimum atomic E-state index is -0.742. The van der Waals surface area contributed by atoms with Gasteiger partial charge in [0.2, 0.25) is 0 Å². The van der Waals surface area contributed by atoms with Crippen LogP contribution in [0.2, 0.25) is 0 Å². The monoisotopic (exact) mass is 376 g/mol. The van der Waals surface area contributed by atoms with E-state index < -0.39 is 11.7 Å². The van der Waals surface area contributed by atoms with Crippen LogP contribution in [0.15, 0.2) is 61.1 Å². The Labute approximate surface area is 160 Å². The van der Waals surface area contributed by atoms with E-state index in [0.29, 0.717) is 5.69 Å². The number of aromatic nitrogens is 3. The van der Waals surface area contributed by atoms with Gasteiger partial charge >= 0.3 is 0 Å². The molecular weight excluding hydrogens is 359 g/mol. The molecule has 1 aromatic carbocycles. The smallest absolute Gasteiger partial charge is 0.277 e. The fourth-order valence-corrected chi connectivity index (χ4v) is 2.91. The molecule has 7 heteroatoms. The lowest BCUT2D eigenvalue weighted by molar-refractivity contribution is 0.101. The molecule has 140 valence electrons. The number of hydrogen-bond acceptors (Lipinski definition) is 4. The summed E-state index contributed by atoms with van der Waals surface area (Å²) in [4.78, 5) is 20.7. The maximum Gasteiger partial charge on any atom is 0.277 e. The molecule has 1 amide bonds. The number of methoxy groups -OCH3 is 1. The number of ether oxygens (including phenoxy) is 1. The lowest BCUT2D eigenvalue weighted by atomic mass is 10.1. The first-order chi connectivity index (χ1) is 13.5. The van der Waals surface area contributed by atoms with Gasteiger partial charge in [-0.25, -0.2) is 14.4 Å². The molecule has 0 radical (unpaired) electrons. The summed E-state index contributed by atoms with van der Waals surface area (Å²) < 4.78 is 20.9. The molecule has 0 saturated heterocycles. The summed E-state index contributed by atoms with van der Waals surface area (Å²) in [5.41, 5.74) is 3.97. The maximum absolute atomic E-state index is 14.0. The number of aryl methyl sites for hydroxylation is 1. The highest BCUT2D eigenvalue weighted by Gasteiger charge is 2.15. The van der Waals surface area contributed by atoms with E-state index in [0.717, 1.165) is 28.5 Å². The lowest BCUT2D eigenvalue weighted by Gasteiger charge is -2.07. The molecular formula is C21H17FN4O2. The summed E-state index contributed by atoms with van der Waals surface area (Å²) in [7, 11) is 1.40. The molecule has 0 spiro atoms. The predicted molar refractivity (Wildman–Crippen MR) is 104 cm³/mol. The quantitative estimate of drug-likeness (QED) is 0.582. The molecule has 4 rings (SSSR count). The van der Waals surface area contributed by atoms with Gasteiger partial charge in [0, 0.05) is 29.7 Å². The number of benzene rings is 1. The molecule has 28 heavy (non-hydrogen) atoms. The number of fused-ring (bicyclic) bond motifs is 1. The fraction of sp³-hybridized carbons (Fsp3) is 0.0952. The van der Waals surface area contributed by atoms with Gasteiger partial charge in [-0.05, 0) is 30.7 Å². The number of rotatable bonds is 4. The van der Waals surface area contributed by atoms with Crippen molar-refractivity contribution in [2.24, 2.45) is 0 Å². The molecule has 3 aromatic heterocycles. The largest absolute Gasteiger partial charge is 0.495 e. The summed E-state index contributed by atoms with van der Waals surface area (Å²) in [6, 6.07) is 12.3. The number of imidazole rings is 1. The second kappa shape index (κ2) is 7.11. The molecule has 6 nitrogen and oxygen atoms in total. The molecule has 0 atom stereocenters. The van der Waals surface area contributed by atoms with E-state index in [4.69, 9.17) is 4.74 Å². The minimum absolute atomic E-state index is 0.251. The van der Waals surface area contributed by atoms with Gasteiger partial charge in [0.1, 0.15) is 11.4 Å². The zero-order valence-electron chi connectivity index (χ0n) is 15.3. The molecule has 0 bridgehead atoms. The normalized spacial score (nSPS) is 10.8. The Kier molecular flexibility index (Phi) is 4.49. The zero-order valence-corrected chi connectivity index (χ0v) is 15.3. The minimum Gasteiger partial charge on any atom is -0.495 e. The number of anilines is 1. The third-order valence-corrected chi connectivity index (χ3v) is 4.38. The molecule has 0 unspecified atom stereocenters. The Bertz CT molecular complexity index is 1170. The third kappa shape index (κ3) is 3.29. The number of pyridine rings is 2. The summed E-state index contributed by atoms with van der Waals surface area (Å²) >= 11 is 0. The third-order valence-electron chi connectivity index (χ3n) is 4.38. The van der Waals surface area contributed by atoms with E-state index in [9.17, 15) is 9.18 Å². The van der Waals surface area contributed by atoms with E-state index >= 15 is 0 Å². The van der Waals surface area contributed by atoms with Crippen molar-refractivity contribution in [3.63, 3.8) is 0 Å². The van der Waals surface area contributed by atoms with Crippen LogP contribution in [0.25, 0.3) is 16.9 Å². The van der Waals surface area contributed by atoms with Crippen molar-refractivity contribution in [3.05, 3.63) is 78.1 Å². The highest BCUT2D eigenvalue weighted by Crippen LogP contribution is 2.23. The number of hydrogen-bond donors (Lipinski definition) is 1. The molecule has 4 aromatic rings. The first-order valence-corrected chi connectivity index (χ1v) is 8.61. The summed E-state index contributed by atoms with van der Waals surface area (Å²) in [5.74, 6) is -1.12. The molecule has 3 heterocycles. The number of nitrogens with zero attached hydrogens (tertiary/aromatic N) is 3. The van der Waals surface area contributed by atoms with Crippen LogP contribution in [0.1, 0.15) is 16.1 Å².